The zero-order chi connectivity index (χ0) is 29.1. The molecule has 0 heterocycles. The van der Waals surface area contributed by atoms with Crippen LogP contribution in [0.5, 0.6) is 11.5 Å². The topological polar surface area (TPSA) is 105 Å². The number of hydrogen-bond acceptors (Lipinski definition) is 6. The van der Waals surface area contributed by atoms with Gasteiger partial charge in [-0.15, -0.1) is 0 Å². The highest BCUT2D eigenvalue weighted by molar-refractivity contribution is 7.92. The molecule has 0 bridgehead atoms. The molecule has 0 fully saturated rings. The molecule has 9 nitrogen and oxygen atoms in total. The summed E-state index contributed by atoms with van der Waals surface area (Å²) in [5.41, 5.74) is 1.23. The molecule has 10 heteroatoms. The number of anilines is 1. The van der Waals surface area contributed by atoms with Crippen molar-refractivity contribution in [1.82, 2.24) is 10.2 Å². The third-order valence-electron chi connectivity index (χ3n) is 6.49. The maximum absolute atomic E-state index is 14.0. The van der Waals surface area contributed by atoms with Crippen molar-refractivity contribution in [3.05, 3.63) is 84.4 Å². The van der Waals surface area contributed by atoms with Gasteiger partial charge in [-0.05, 0) is 49.6 Å². The monoisotopic (exact) mass is 567 g/mol. The van der Waals surface area contributed by atoms with Crippen molar-refractivity contribution in [2.45, 2.75) is 37.6 Å². The van der Waals surface area contributed by atoms with Crippen molar-refractivity contribution >= 4 is 27.5 Å². The highest BCUT2D eigenvalue weighted by Crippen LogP contribution is 2.34. The number of carbonyl (C=O) groups excluding carboxylic acids is 2. The van der Waals surface area contributed by atoms with Crippen LogP contribution in [0.25, 0.3) is 0 Å². The summed E-state index contributed by atoms with van der Waals surface area (Å²) in [6.07, 6.45) is 0.873. The minimum atomic E-state index is -4.17. The van der Waals surface area contributed by atoms with Gasteiger partial charge in [-0.25, -0.2) is 8.42 Å². The summed E-state index contributed by atoms with van der Waals surface area (Å²) in [6, 6.07) is 21.4. The molecule has 0 radical (unpaired) electrons. The molecule has 0 aliphatic heterocycles. The van der Waals surface area contributed by atoms with Crippen molar-refractivity contribution in [3.8, 4) is 11.5 Å². The first-order valence-electron chi connectivity index (χ1n) is 13.2. The molecular formula is C30H37N3O6S. The smallest absolute Gasteiger partial charge is 0.264 e. The maximum atomic E-state index is 14.0. The van der Waals surface area contributed by atoms with Crippen molar-refractivity contribution in [2.24, 2.45) is 0 Å². The molecule has 0 saturated heterocycles. The predicted molar refractivity (Wildman–Crippen MR) is 155 cm³/mol. The van der Waals surface area contributed by atoms with Gasteiger partial charge in [-0.2, -0.15) is 0 Å². The SMILES string of the molecule is CCNC(=O)C(CC)N(CCc1ccccc1)C(=O)CN(c1ccc(OC)c(OC)c1)S(=O)(=O)c1ccccc1. The number of benzene rings is 3. The molecule has 0 spiro atoms. The number of carbonyl (C=O) groups is 2. The van der Waals surface area contributed by atoms with Crippen LogP contribution in [0.3, 0.4) is 0 Å². The maximum Gasteiger partial charge on any atom is 0.264 e. The lowest BCUT2D eigenvalue weighted by Gasteiger charge is -2.33. The van der Waals surface area contributed by atoms with E-state index in [1.807, 2.05) is 44.2 Å². The Balaban J connectivity index is 2.05. The fraction of sp³-hybridized carbons (Fsp3) is 0.333. The minimum Gasteiger partial charge on any atom is -0.493 e. The summed E-state index contributed by atoms with van der Waals surface area (Å²) in [5, 5.41) is 2.80. The van der Waals surface area contributed by atoms with E-state index in [0.717, 1.165) is 9.87 Å². The number of ether oxygens (including phenoxy) is 2. The molecular weight excluding hydrogens is 530 g/mol. The van der Waals surface area contributed by atoms with E-state index in [2.05, 4.69) is 5.32 Å². The Kier molecular flexibility index (Phi) is 11.0. The molecule has 214 valence electrons. The summed E-state index contributed by atoms with van der Waals surface area (Å²) in [6.45, 7) is 3.78. The number of likely N-dealkylation sites (N-methyl/N-ethyl adjacent to an activating group) is 1. The zero-order valence-electron chi connectivity index (χ0n) is 23.4. The number of sulfonamides is 1. The van der Waals surface area contributed by atoms with E-state index in [1.165, 1.54) is 37.3 Å². The molecule has 3 aromatic rings. The van der Waals surface area contributed by atoms with E-state index >= 15 is 0 Å². The van der Waals surface area contributed by atoms with Gasteiger partial charge in [0.1, 0.15) is 12.6 Å². The van der Waals surface area contributed by atoms with Crippen LogP contribution in [-0.2, 0) is 26.0 Å². The fourth-order valence-electron chi connectivity index (χ4n) is 4.42. The third kappa shape index (κ3) is 7.32. The van der Waals surface area contributed by atoms with Gasteiger partial charge in [0, 0.05) is 19.2 Å². The Morgan fingerprint density at radius 1 is 0.875 bits per heavy atom. The number of hydrogen-bond donors (Lipinski definition) is 1. The van der Waals surface area contributed by atoms with Gasteiger partial charge in [-0.1, -0.05) is 55.5 Å². The number of nitrogens with zero attached hydrogens (tertiary/aromatic N) is 2. The van der Waals surface area contributed by atoms with Gasteiger partial charge < -0.3 is 19.7 Å². The molecule has 1 N–H and O–H groups in total. The fourth-order valence-corrected chi connectivity index (χ4v) is 5.84. The normalized spacial score (nSPS) is 11.8. The molecule has 3 aromatic carbocycles. The van der Waals surface area contributed by atoms with Crippen LogP contribution in [0.2, 0.25) is 0 Å². The second kappa shape index (κ2) is 14.4. The third-order valence-corrected chi connectivity index (χ3v) is 8.27. The van der Waals surface area contributed by atoms with Gasteiger partial charge in [0.05, 0.1) is 24.8 Å². The van der Waals surface area contributed by atoms with Crippen LogP contribution >= 0.6 is 0 Å². The summed E-state index contributed by atoms with van der Waals surface area (Å²) in [7, 11) is -1.24. The average Bonchev–Trinajstić information content (AvgIpc) is 2.98. The quantitative estimate of drug-likeness (QED) is 0.317. The standard InChI is InChI=1S/C30H37N3O6S/c1-5-26(30(35)31-6-2)32(20-19-23-13-9-7-10-14-23)29(34)22-33(40(36,37)25-15-11-8-12-16-25)24-17-18-27(38-3)28(21-24)39-4/h7-18,21,26H,5-6,19-20,22H2,1-4H3,(H,31,35). The van der Waals surface area contributed by atoms with Crippen LogP contribution < -0.4 is 19.1 Å². The highest BCUT2D eigenvalue weighted by Gasteiger charge is 2.33. The number of rotatable bonds is 14. The van der Waals surface area contributed by atoms with Crippen LogP contribution in [0.15, 0.2) is 83.8 Å². The Morgan fingerprint density at radius 2 is 1.50 bits per heavy atom. The molecule has 2 amide bonds. The van der Waals surface area contributed by atoms with E-state index < -0.39 is 28.5 Å². The van der Waals surface area contributed by atoms with Gasteiger partial charge in [0.25, 0.3) is 10.0 Å². The minimum absolute atomic E-state index is 0.0317. The van der Waals surface area contributed by atoms with Gasteiger partial charge >= 0.3 is 0 Å². The predicted octanol–water partition coefficient (Wildman–Crippen LogP) is 3.89. The molecule has 0 aliphatic rings. The van der Waals surface area contributed by atoms with Crippen molar-refractivity contribution in [3.63, 3.8) is 0 Å². The largest absolute Gasteiger partial charge is 0.493 e. The van der Waals surface area contributed by atoms with Crippen LogP contribution in [0.1, 0.15) is 25.8 Å². The summed E-state index contributed by atoms with van der Waals surface area (Å²) in [4.78, 5) is 28.5. The van der Waals surface area contributed by atoms with Gasteiger partial charge in [-0.3, -0.25) is 13.9 Å². The lowest BCUT2D eigenvalue weighted by Crippen LogP contribution is -2.53. The number of amides is 2. The molecule has 40 heavy (non-hydrogen) atoms. The molecule has 1 unspecified atom stereocenters. The van der Waals surface area contributed by atoms with Crippen LogP contribution in [-0.4, -0.2) is 65.0 Å². The summed E-state index contributed by atoms with van der Waals surface area (Å²) < 4.78 is 39.6. The Hall–Kier alpha value is -4.05. The first-order chi connectivity index (χ1) is 19.3. The molecule has 0 saturated carbocycles. The van der Waals surface area contributed by atoms with Gasteiger partial charge in [0.15, 0.2) is 11.5 Å². The first kappa shape index (κ1) is 30.5. The molecule has 0 aromatic heterocycles. The van der Waals surface area contributed by atoms with Crippen LogP contribution in [0, 0.1) is 0 Å². The van der Waals surface area contributed by atoms with Crippen molar-refractivity contribution in [1.29, 1.82) is 0 Å². The number of nitrogens with one attached hydrogen (secondary N) is 1. The Morgan fingerprint density at radius 3 is 2.08 bits per heavy atom. The molecule has 1 atom stereocenters. The lowest BCUT2D eigenvalue weighted by molar-refractivity contribution is -0.139. The Labute approximate surface area is 236 Å². The first-order valence-corrected chi connectivity index (χ1v) is 14.6. The van der Waals surface area contributed by atoms with E-state index in [1.54, 1.807) is 30.3 Å². The van der Waals surface area contributed by atoms with Gasteiger partial charge in [0.2, 0.25) is 11.8 Å². The van der Waals surface area contributed by atoms with Crippen molar-refractivity contribution < 1.29 is 27.5 Å². The summed E-state index contributed by atoms with van der Waals surface area (Å²) in [5.74, 6) is -0.0462. The van der Waals surface area contributed by atoms with E-state index in [-0.39, 0.29) is 23.0 Å². The zero-order valence-corrected chi connectivity index (χ0v) is 24.2. The molecule has 3 rings (SSSR count). The lowest BCUT2D eigenvalue weighted by atomic mass is 10.1. The highest BCUT2D eigenvalue weighted by atomic mass is 32.2. The van der Waals surface area contributed by atoms with E-state index in [4.69, 9.17) is 9.47 Å². The average molecular weight is 568 g/mol. The van der Waals surface area contributed by atoms with Crippen molar-refractivity contribution in [2.75, 3.05) is 38.2 Å². The second-order valence-electron chi connectivity index (χ2n) is 9.01. The Bertz CT molecular complexity index is 1370. The van der Waals surface area contributed by atoms with Crippen LogP contribution in [0.4, 0.5) is 5.69 Å². The number of methoxy groups -OCH3 is 2. The van der Waals surface area contributed by atoms with E-state index in [0.29, 0.717) is 30.9 Å². The summed E-state index contributed by atoms with van der Waals surface area (Å²) >= 11 is 0. The second-order valence-corrected chi connectivity index (χ2v) is 10.9. The molecule has 0 aliphatic carbocycles. The van der Waals surface area contributed by atoms with E-state index in [9.17, 15) is 18.0 Å².